The van der Waals surface area contributed by atoms with E-state index in [-0.39, 0.29) is 0 Å². The molecule has 0 aliphatic carbocycles. The minimum atomic E-state index is 0.405. The van der Waals surface area contributed by atoms with Crippen LogP contribution in [0, 0.1) is 6.92 Å². The van der Waals surface area contributed by atoms with Gasteiger partial charge in [0.2, 0.25) is 0 Å². The molecule has 1 aromatic heterocycles. The van der Waals surface area contributed by atoms with Crippen LogP contribution in [0.15, 0.2) is 36.4 Å². The lowest BCUT2D eigenvalue weighted by Crippen LogP contribution is -2.20. The number of aryl methyl sites for hydroxylation is 1. The van der Waals surface area contributed by atoms with E-state index in [1.54, 1.807) is 18.2 Å². The largest absolute Gasteiger partial charge is 0.331 e. The normalized spacial score (nSPS) is 10.1. The lowest BCUT2D eigenvalue weighted by Gasteiger charge is -2.12. The number of anilines is 2. The maximum atomic E-state index is 6.07. The predicted molar refractivity (Wildman–Crippen MR) is 85.3 cm³/mol. The highest BCUT2D eigenvalue weighted by atomic mass is 35.5. The third kappa shape index (κ3) is 3.80. The number of nitrogens with one attached hydrogen (secondary N) is 2. The van der Waals surface area contributed by atoms with Gasteiger partial charge in [0.25, 0.3) is 0 Å². The van der Waals surface area contributed by atoms with Gasteiger partial charge >= 0.3 is 0 Å². The Balaban J connectivity index is 2.08. The highest BCUT2D eigenvalue weighted by molar-refractivity contribution is 7.80. The van der Waals surface area contributed by atoms with E-state index in [4.69, 9.17) is 35.4 Å². The fourth-order valence-electron chi connectivity index (χ4n) is 1.48. The van der Waals surface area contributed by atoms with Crippen LogP contribution in [0.4, 0.5) is 11.5 Å². The van der Waals surface area contributed by atoms with Crippen LogP contribution in [0.1, 0.15) is 5.69 Å². The first-order valence-electron chi connectivity index (χ1n) is 5.52. The molecule has 98 valence electrons. The zero-order chi connectivity index (χ0) is 13.8. The number of pyridine rings is 1. The van der Waals surface area contributed by atoms with Crippen LogP contribution < -0.4 is 10.6 Å². The zero-order valence-corrected chi connectivity index (χ0v) is 12.4. The number of thiocarbonyl (C=S) groups is 1. The number of nitrogens with zero attached hydrogens (tertiary/aromatic N) is 1. The van der Waals surface area contributed by atoms with Crippen LogP contribution >= 0.6 is 35.4 Å². The summed E-state index contributed by atoms with van der Waals surface area (Å²) in [5, 5.41) is 7.28. The molecule has 0 saturated carbocycles. The summed E-state index contributed by atoms with van der Waals surface area (Å²) in [5.74, 6) is 0.677. The number of hydrogen-bond donors (Lipinski definition) is 2. The van der Waals surface area contributed by atoms with Crippen molar-refractivity contribution in [2.75, 3.05) is 10.6 Å². The van der Waals surface area contributed by atoms with Gasteiger partial charge in [-0.2, -0.15) is 0 Å². The molecule has 2 aromatic rings. The number of hydrogen-bond acceptors (Lipinski definition) is 2. The van der Waals surface area contributed by atoms with Crippen LogP contribution in [0.25, 0.3) is 0 Å². The van der Waals surface area contributed by atoms with Gasteiger partial charge in [0.1, 0.15) is 5.82 Å². The van der Waals surface area contributed by atoms with Gasteiger partial charge in [-0.05, 0) is 43.4 Å². The molecule has 1 aromatic carbocycles. The standard InChI is InChI=1S/C13H11Cl2N3S/c1-8-4-2-7-11(16-8)18-13(19)17-10-6-3-5-9(14)12(10)15/h2-7H,1H3,(H2,16,17,18,19). The number of rotatable bonds is 2. The lowest BCUT2D eigenvalue weighted by molar-refractivity contribution is 1.21. The molecule has 0 aliphatic rings. The molecule has 1 heterocycles. The second-order valence-electron chi connectivity index (χ2n) is 3.84. The van der Waals surface area contributed by atoms with Crippen molar-refractivity contribution in [1.82, 2.24) is 4.98 Å². The monoisotopic (exact) mass is 311 g/mol. The Morgan fingerprint density at radius 1 is 1.11 bits per heavy atom. The average Bonchev–Trinajstić information content (AvgIpc) is 2.35. The molecule has 0 unspecified atom stereocenters. The van der Waals surface area contributed by atoms with Crippen molar-refractivity contribution in [2.24, 2.45) is 0 Å². The van der Waals surface area contributed by atoms with Crippen molar-refractivity contribution in [2.45, 2.75) is 6.92 Å². The summed E-state index contributed by atoms with van der Waals surface area (Å²) in [6.45, 7) is 1.91. The van der Waals surface area contributed by atoms with Gasteiger partial charge in [0.15, 0.2) is 5.11 Å². The molecule has 0 bridgehead atoms. The molecular weight excluding hydrogens is 301 g/mol. The molecule has 0 radical (unpaired) electrons. The SMILES string of the molecule is Cc1cccc(NC(=S)Nc2cccc(Cl)c2Cl)n1. The molecule has 0 amide bonds. The van der Waals surface area contributed by atoms with Gasteiger partial charge in [-0.15, -0.1) is 0 Å². The van der Waals surface area contributed by atoms with Crippen LogP contribution in [-0.2, 0) is 0 Å². The van der Waals surface area contributed by atoms with Gasteiger partial charge in [-0.3, -0.25) is 0 Å². The Kier molecular flexibility index (Phi) is 4.58. The predicted octanol–water partition coefficient (Wildman–Crippen LogP) is 4.51. The molecular formula is C13H11Cl2N3S. The van der Waals surface area contributed by atoms with E-state index in [1.165, 1.54) is 0 Å². The van der Waals surface area contributed by atoms with Gasteiger partial charge < -0.3 is 10.6 Å². The summed E-state index contributed by atoms with van der Waals surface area (Å²) in [6.07, 6.45) is 0. The Morgan fingerprint density at radius 3 is 2.58 bits per heavy atom. The van der Waals surface area contributed by atoms with Gasteiger partial charge in [0, 0.05) is 5.69 Å². The molecule has 2 N–H and O–H groups in total. The molecule has 0 fully saturated rings. The molecule has 0 saturated heterocycles. The van der Waals surface area contributed by atoms with Crippen molar-refractivity contribution in [3.8, 4) is 0 Å². The molecule has 0 spiro atoms. The zero-order valence-electron chi connectivity index (χ0n) is 10.1. The Hall–Kier alpha value is -1.36. The Morgan fingerprint density at radius 2 is 1.84 bits per heavy atom. The number of benzene rings is 1. The van der Waals surface area contributed by atoms with Crippen LogP contribution in [-0.4, -0.2) is 10.1 Å². The van der Waals surface area contributed by atoms with E-state index in [2.05, 4.69) is 15.6 Å². The van der Waals surface area contributed by atoms with Crippen LogP contribution in [0.3, 0.4) is 0 Å². The molecule has 0 atom stereocenters. The van der Waals surface area contributed by atoms with E-state index in [9.17, 15) is 0 Å². The fourth-order valence-corrected chi connectivity index (χ4v) is 2.05. The number of halogens is 2. The van der Waals surface area contributed by atoms with E-state index in [1.807, 2.05) is 25.1 Å². The summed E-state index contributed by atoms with van der Waals surface area (Å²) in [5.41, 5.74) is 1.56. The Labute approximate surface area is 127 Å². The van der Waals surface area contributed by atoms with Gasteiger partial charge in [-0.1, -0.05) is 35.3 Å². The number of aromatic nitrogens is 1. The van der Waals surface area contributed by atoms with Gasteiger partial charge in [0.05, 0.1) is 15.7 Å². The summed E-state index contributed by atoms with van der Waals surface area (Å²) in [6, 6.07) is 11.0. The molecule has 19 heavy (non-hydrogen) atoms. The van der Waals surface area contributed by atoms with Crippen molar-refractivity contribution in [3.63, 3.8) is 0 Å². The fraction of sp³-hybridized carbons (Fsp3) is 0.0769. The van der Waals surface area contributed by atoms with Crippen LogP contribution in [0.5, 0.6) is 0 Å². The van der Waals surface area contributed by atoms with Crippen molar-refractivity contribution in [1.29, 1.82) is 0 Å². The average molecular weight is 312 g/mol. The van der Waals surface area contributed by atoms with Crippen molar-refractivity contribution < 1.29 is 0 Å². The quantitative estimate of drug-likeness (QED) is 0.800. The summed E-state index contributed by atoms with van der Waals surface area (Å²) in [7, 11) is 0. The van der Waals surface area contributed by atoms with E-state index in [0.717, 1.165) is 5.69 Å². The second-order valence-corrected chi connectivity index (χ2v) is 5.04. The first-order valence-corrected chi connectivity index (χ1v) is 6.68. The third-order valence-corrected chi connectivity index (χ3v) is 3.35. The second kappa shape index (κ2) is 6.19. The van der Waals surface area contributed by atoms with Crippen molar-refractivity contribution in [3.05, 3.63) is 52.1 Å². The van der Waals surface area contributed by atoms with E-state index in [0.29, 0.717) is 26.7 Å². The van der Waals surface area contributed by atoms with Gasteiger partial charge in [-0.25, -0.2) is 4.98 Å². The lowest BCUT2D eigenvalue weighted by atomic mass is 10.3. The smallest absolute Gasteiger partial charge is 0.176 e. The minimum Gasteiger partial charge on any atom is -0.331 e. The molecule has 3 nitrogen and oxygen atoms in total. The summed E-state index contributed by atoms with van der Waals surface area (Å²) in [4.78, 5) is 4.30. The maximum absolute atomic E-state index is 6.07. The molecule has 2 rings (SSSR count). The molecule has 6 heteroatoms. The Bertz CT molecular complexity index is 617. The first-order chi connectivity index (χ1) is 9.06. The third-order valence-electron chi connectivity index (χ3n) is 2.33. The minimum absolute atomic E-state index is 0.405. The van der Waals surface area contributed by atoms with E-state index < -0.39 is 0 Å². The first kappa shape index (κ1) is 14.1. The maximum Gasteiger partial charge on any atom is 0.176 e. The topological polar surface area (TPSA) is 37.0 Å². The highest BCUT2D eigenvalue weighted by Gasteiger charge is 2.06. The van der Waals surface area contributed by atoms with E-state index >= 15 is 0 Å². The highest BCUT2D eigenvalue weighted by Crippen LogP contribution is 2.29. The molecule has 0 aliphatic heterocycles. The summed E-state index contributed by atoms with van der Waals surface area (Å²) < 4.78 is 0. The van der Waals surface area contributed by atoms with Crippen LogP contribution in [0.2, 0.25) is 10.0 Å². The van der Waals surface area contributed by atoms with Crippen molar-refractivity contribution >= 4 is 52.0 Å². The summed E-state index contributed by atoms with van der Waals surface area (Å²) >= 11 is 17.2.